The van der Waals surface area contributed by atoms with Crippen molar-refractivity contribution in [2.45, 2.75) is 6.92 Å². The number of halogens is 2. The Balaban J connectivity index is 2.20. The van der Waals surface area contributed by atoms with Gasteiger partial charge in [0, 0.05) is 6.07 Å². The molecule has 0 spiro atoms. The molecule has 8 heteroatoms. The molecular weight excluding hydrogens is 268 g/mol. The van der Waals surface area contributed by atoms with Crippen LogP contribution in [0.2, 0.25) is 0 Å². The van der Waals surface area contributed by atoms with E-state index in [0.29, 0.717) is 0 Å². The van der Waals surface area contributed by atoms with Gasteiger partial charge in [-0.3, -0.25) is 4.79 Å². The normalized spacial score (nSPS) is 10.2. The Bertz CT molecular complexity index is 645. The van der Waals surface area contributed by atoms with Gasteiger partial charge in [0.05, 0.1) is 18.1 Å². The quantitative estimate of drug-likeness (QED) is 0.586. The predicted molar refractivity (Wildman–Crippen MR) is 68.9 cm³/mol. The van der Waals surface area contributed by atoms with Gasteiger partial charge in [0.2, 0.25) is 0 Å². The molecule has 1 aromatic heterocycles. The zero-order valence-electron chi connectivity index (χ0n) is 10.4. The summed E-state index contributed by atoms with van der Waals surface area (Å²) in [5.74, 6) is 3.33. The molecule has 0 saturated carbocycles. The minimum absolute atomic E-state index is 0.0515. The molecule has 0 fully saturated rings. The van der Waals surface area contributed by atoms with Crippen LogP contribution in [0.15, 0.2) is 24.5 Å². The summed E-state index contributed by atoms with van der Waals surface area (Å²) in [6.45, 7) is 1.42. The molecular formula is C12H11F2N5O. The smallest absolute Gasteiger partial charge is 0.275 e. The van der Waals surface area contributed by atoms with Crippen LogP contribution in [0.5, 0.6) is 0 Å². The lowest BCUT2D eigenvalue weighted by molar-refractivity contribution is 0.102. The van der Waals surface area contributed by atoms with Crippen LogP contribution in [-0.4, -0.2) is 15.9 Å². The summed E-state index contributed by atoms with van der Waals surface area (Å²) in [4.78, 5) is 19.4. The molecule has 0 unspecified atom stereocenters. The molecule has 0 atom stereocenters. The highest BCUT2D eigenvalue weighted by molar-refractivity contribution is 6.02. The highest BCUT2D eigenvalue weighted by Crippen LogP contribution is 2.19. The van der Waals surface area contributed by atoms with E-state index in [1.54, 1.807) is 0 Å². The van der Waals surface area contributed by atoms with Gasteiger partial charge in [-0.1, -0.05) is 0 Å². The Labute approximate surface area is 113 Å². The van der Waals surface area contributed by atoms with Gasteiger partial charge in [-0.15, -0.1) is 0 Å². The van der Waals surface area contributed by atoms with Gasteiger partial charge in [-0.2, -0.15) is 0 Å². The number of nitrogens with one attached hydrogen (secondary N) is 2. The number of aromatic nitrogens is 2. The molecule has 2 aromatic rings. The summed E-state index contributed by atoms with van der Waals surface area (Å²) in [6.07, 6.45) is 2.40. The van der Waals surface area contributed by atoms with Crippen LogP contribution in [0.1, 0.15) is 16.1 Å². The van der Waals surface area contributed by atoms with Crippen LogP contribution < -0.4 is 16.6 Å². The van der Waals surface area contributed by atoms with E-state index in [0.717, 1.165) is 18.3 Å². The maximum Gasteiger partial charge on any atom is 0.275 e. The van der Waals surface area contributed by atoms with E-state index in [9.17, 15) is 13.6 Å². The molecule has 0 saturated heterocycles. The molecule has 1 amide bonds. The van der Waals surface area contributed by atoms with Crippen molar-refractivity contribution in [2.75, 3.05) is 10.7 Å². The van der Waals surface area contributed by atoms with E-state index in [1.165, 1.54) is 13.1 Å². The average Bonchev–Trinajstić information content (AvgIpc) is 2.44. The highest BCUT2D eigenvalue weighted by Gasteiger charge is 2.13. The number of aryl methyl sites for hydroxylation is 1. The number of rotatable bonds is 3. The minimum Gasteiger partial charge on any atom is -0.318 e. The monoisotopic (exact) mass is 279 g/mol. The number of hydrogen-bond donors (Lipinski definition) is 3. The number of nitrogens with zero attached hydrogens (tertiary/aromatic N) is 2. The number of carbonyl (C=O) groups excluding carboxylic acids is 1. The first-order valence-electron chi connectivity index (χ1n) is 5.57. The number of benzene rings is 1. The van der Waals surface area contributed by atoms with Crippen LogP contribution in [-0.2, 0) is 0 Å². The number of carbonyl (C=O) groups is 1. The second-order valence-corrected chi connectivity index (χ2v) is 3.97. The van der Waals surface area contributed by atoms with Crippen molar-refractivity contribution in [3.8, 4) is 0 Å². The van der Waals surface area contributed by atoms with Crippen molar-refractivity contribution >= 4 is 17.4 Å². The molecule has 1 aromatic carbocycles. The van der Waals surface area contributed by atoms with Crippen LogP contribution in [0.25, 0.3) is 0 Å². The lowest BCUT2D eigenvalue weighted by Crippen LogP contribution is -2.16. The number of amides is 1. The van der Waals surface area contributed by atoms with Gasteiger partial charge in [0.1, 0.15) is 17.3 Å². The Kier molecular flexibility index (Phi) is 3.85. The first kappa shape index (κ1) is 13.8. The predicted octanol–water partition coefficient (Wildman–Crippen LogP) is 1.60. The number of hydrogen-bond acceptors (Lipinski definition) is 5. The Morgan fingerprint density at radius 1 is 1.20 bits per heavy atom. The van der Waals surface area contributed by atoms with Gasteiger partial charge in [-0.25, -0.2) is 24.6 Å². The maximum absolute atomic E-state index is 13.6. The fraction of sp³-hybridized carbons (Fsp3) is 0.0833. The van der Waals surface area contributed by atoms with Gasteiger partial charge in [0.15, 0.2) is 5.82 Å². The van der Waals surface area contributed by atoms with Gasteiger partial charge < -0.3 is 10.7 Å². The molecule has 0 bridgehead atoms. The summed E-state index contributed by atoms with van der Waals surface area (Å²) in [5.41, 5.74) is 2.09. The van der Waals surface area contributed by atoms with Crippen molar-refractivity contribution < 1.29 is 13.6 Å². The second kappa shape index (κ2) is 5.57. The van der Waals surface area contributed by atoms with E-state index in [4.69, 9.17) is 5.84 Å². The molecule has 104 valence electrons. The fourth-order valence-corrected chi connectivity index (χ4v) is 1.45. The van der Waals surface area contributed by atoms with E-state index in [-0.39, 0.29) is 22.8 Å². The van der Waals surface area contributed by atoms with Crippen molar-refractivity contribution in [3.05, 3.63) is 47.4 Å². The summed E-state index contributed by atoms with van der Waals surface area (Å²) in [7, 11) is 0. The summed E-state index contributed by atoms with van der Waals surface area (Å²) in [6, 6.07) is 1.91. The Morgan fingerprint density at radius 3 is 2.55 bits per heavy atom. The molecule has 20 heavy (non-hydrogen) atoms. The third kappa shape index (κ3) is 2.86. The first-order chi connectivity index (χ1) is 9.51. The number of anilines is 2. The van der Waals surface area contributed by atoms with Crippen molar-refractivity contribution in [1.82, 2.24) is 9.97 Å². The molecule has 0 aliphatic carbocycles. The molecule has 0 aliphatic heterocycles. The van der Waals surface area contributed by atoms with Gasteiger partial charge >= 0.3 is 0 Å². The number of hydrazine groups is 1. The number of nitrogens with two attached hydrogens (primary N) is 1. The highest BCUT2D eigenvalue weighted by atomic mass is 19.1. The van der Waals surface area contributed by atoms with Crippen molar-refractivity contribution in [2.24, 2.45) is 5.84 Å². The summed E-state index contributed by atoms with van der Waals surface area (Å²) < 4.78 is 26.9. The molecule has 2 rings (SSSR count). The summed E-state index contributed by atoms with van der Waals surface area (Å²) in [5, 5.41) is 2.22. The zero-order valence-corrected chi connectivity index (χ0v) is 10.4. The first-order valence-corrected chi connectivity index (χ1v) is 5.57. The van der Waals surface area contributed by atoms with Crippen LogP contribution in [0.4, 0.5) is 20.3 Å². The largest absolute Gasteiger partial charge is 0.318 e. The van der Waals surface area contributed by atoms with Crippen LogP contribution >= 0.6 is 0 Å². The molecule has 6 nitrogen and oxygen atoms in total. The van der Waals surface area contributed by atoms with Crippen molar-refractivity contribution in [3.63, 3.8) is 0 Å². The van der Waals surface area contributed by atoms with E-state index >= 15 is 0 Å². The summed E-state index contributed by atoms with van der Waals surface area (Å²) >= 11 is 0. The molecule has 0 radical (unpaired) electrons. The van der Waals surface area contributed by atoms with E-state index in [2.05, 4.69) is 20.7 Å². The minimum atomic E-state index is -0.731. The van der Waals surface area contributed by atoms with Crippen LogP contribution in [0, 0.1) is 18.6 Å². The zero-order chi connectivity index (χ0) is 14.7. The van der Waals surface area contributed by atoms with Gasteiger partial charge in [-0.05, 0) is 18.6 Å². The molecule has 1 heterocycles. The topological polar surface area (TPSA) is 92.9 Å². The fourth-order valence-electron chi connectivity index (χ4n) is 1.45. The van der Waals surface area contributed by atoms with Crippen molar-refractivity contribution in [1.29, 1.82) is 0 Å². The maximum atomic E-state index is 13.6. The molecule has 4 N–H and O–H groups in total. The molecule has 0 aliphatic rings. The third-order valence-electron chi connectivity index (χ3n) is 2.53. The SMILES string of the molecule is Cc1cc(F)c(NC(=O)c2cnc(NN)cn2)cc1F. The van der Waals surface area contributed by atoms with E-state index in [1.807, 2.05) is 0 Å². The Morgan fingerprint density at radius 2 is 1.95 bits per heavy atom. The Hall–Kier alpha value is -2.61. The van der Waals surface area contributed by atoms with E-state index < -0.39 is 17.5 Å². The number of nitrogen functional groups attached to an aromatic ring is 1. The lowest BCUT2D eigenvalue weighted by Gasteiger charge is -2.07. The lowest BCUT2D eigenvalue weighted by atomic mass is 10.2. The average molecular weight is 279 g/mol. The standard InChI is InChI=1S/C12H11F2N5O/c1-6-2-8(14)9(3-7(6)13)18-12(20)10-4-17-11(19-15)5-16-10/h2-5H,15H2,1H3,(H,17,19)(H,18,20). The van der Waals surface area contributed by atoms with Crippen LogP contribution in [0.3, 0.4) is 0 Å². The second-order valence-electron chi connectivity index (χ2n) is 3.97. The third-order valence-corrected chi connectivity index (χ3v) is 2.53. The van der Waals surface area contributed by atoms with Gasteiger partial charge in [0.25, 0.3) is 5.91 Å².